The highest BCUT2D eigenvalue weighted by Crippen LogP contribution is 2.34. The van der Waals surface area contributed by atoms with Crippen LogP contribution in [0, 0.1) is 5.82 Å². The molecular formula is C15H20BrFN2. The molecule has 2 aliphatic heterocycles. The number of halogens is 2. The molecule has 0 aromatic heterocycles. The van der Waals surface area contributed by atoms with Crippen molar-refractivity contribution in [3.63, 3.8) is 0 Å². The number of rotatable bonds is 2. The molecule has 0 spiro atoms. The third kappa shape index (κ3) is 2.52. The van der Waals surface area contributed by atoms with Gasteiger partial charge < -0.3 is 4.90 Å². The minimum absolute atomic E-state index is 0.178. The van der Waals surface area contributed by atoms with E-state index in [-0.39, 0.29) is 5.82 Å². The summed E-state index contributed by atoms with van der Waals surface area (Å²) in [4.78, 5) is 5.10. The average Bonchev–Trinajstić information content (AvgIpc) is 2.84. The molecule has 19 heavy (non-hydrogen) atoms. The van der Waals surface area contributed by atoms with Crippen LogP contribution in [0.5, 0.6) is 0 Å². The number of fused-ring (bicyclic) bond motifs is 1. The van der Waals surface area contributed by atoms with Crippen molar-refractivity contribution in [2.24, 2.45) is 0 Å². The highest BCUT2D eigenvalue weighted by Gasteiger charge is 2.36. The second-order valence-electron chi connectivity index (χ2n) is 5.60. The third-order valence-electron chi connectivity index (χ3n) is 4.48. The fraction of sp³-hybridized carbons (Fsp3) is 0.600. The standard InChI is InChI=1S/C15H20BrFN2/c1-2-12-9-18-7-3-4-13(18)10-19(12)15-6-5-11(17)8-14(15)16/h5-6,8,12-13H,2-4,7,9-10H2,1H3. The number of hydrogen-bond donors (Lipinski definition) is 0. The lowest BCUT2D eigenvalue weighted by Crippen LogP contribution is -2.56. The maximum Gasteiger partial charge on any atom is 0.124 e. The lowest BCUT2D eigenvalue weighted by molar-refractivity contribution is 0.194. The molecule has 0 aliphatic carbocycles. The second kappa shape index (κ2) is 5.41. The zero-order chi connectivity index (χ0) is 13.4. The van der Waals surface area contributed by atoms with Gasteiger partial charge in [0.15, 0.2) is 0 Å². The van der Waals surface area contributed by atoms with E-state index < -0.39 is 0 Å². The average molecular weight is 327 g/mol. The summed E-state index contributed by atoms with van der Waals surface area (Å²) in [7, 11) is 0. The van der Waals surface area contributed by atoms with Gasteiger partial charge in [0, 0.05) is 29.6 Å². The second-order valence-corrected chi connectivity index (χ2v) is 6.46. The summed E-state index contributed by atoms with van der Waals surface area (Å²) < 4.78 is 14.1. The van der Waals surface area contributed by atoms with Gasteiger partial charge in [-0.25, -0.2) is 4.39 Å². The van der Waals surface area contributed by atoms with Crippen LogP contribution in [0.15, 0.2) is 22.7 Å². The molecule has 2 heterocycles. The molecular weight excluding hydrogens is 307 g/mol. The maximum atomic E-state index is 13.3. The molecule has 0 bridgehead atoms. The Hall–Kier alpha value is -0.610. The molecule has 2 aliphatic rings. The van der Waals surface area contributed by atoms with E-state index >= 15 is 0 Å². The number of hydrogen-bond acceptors (Lipinski definition) is 2. The van der Waals surface area contributed by atoms with Gasteiger partial charge in [-0.3, -0.25) is 4.90 Å². The number of benzene rings is 1. The summed E-state index contributed by atoms with van der Waals surface area (Å²) in [5.41, 5.74) is 1.14. The quantitative estimate of drug-likeness (QED) is 0.818. The van der Waals surface area contributed by atoms with Gasteiger partial charge in [-0.2, -0.15) is 0 Å². The summed E-state index contributed by atoms with van der Waals surface area (Å²) in [6, 6.07) is 6.26. The Labute approximate surface area is 122 Å². The molecule has 2 unspecified atom stereocenters. The molecule has 1 aromatic rings. The van der Waals surface area contributed by atoms with Crippen molar-refractivity contribution in [1.82, 2.24) is 4.90 Å². The molecule has 4 heteroatoms. The Morgan fingerprint density at radius 2 is 2.21 bits per heavy atom. The van der Waals surface area contributed by atoms with Crippen molar-refractivity contribution in [1.29, 1.82) is 0 Å². The van der Waals surface area contributed by atoms with Crippen molar-refractivity contribution in [3.05, 3.63) is 28.5 Å². The van der Waals surface area contributed by atoms with Crippen LogP contribution in [0.3, 0.4) is 0 Å². The predicted octanol–water partition coefficient (Wildman–Crippen LogP) is 3.65. The highest BCUT2D eigenvalue weighted by atomic mass is 79.9. The SMILES string of the molecule is CCC1CN2CCCC2CN1c1ccc(F)cc1Br. The van der Waals surface area contributed by atoms with Crippen LogP contribution in [-0.4, -0.2) is 36.6 Å². The topological polar surface area (TPSA) is 6.48 Å². The Morgan fingerprint density at radius 3 is 2.95 bits per heavy atom. The molecule has 2 atom stereocenters. The summed E-state index contributed by atoms with van der Waals surface area (Å²) in [5.74, 6) is -0.178. The first-order valence-corrected chi connectivity index (χ1v) is 7.94. The van der Waals surface area contributed by atoms with E-state index in [1.165, 1.54) is 19.4 Å². The van der Waals surface area contributed by atoms with E-state index in [0.717, 1.165) is 29.7 Å². The lowest BCUT2D eigenvalue weighted by Gasteiger charge is -2.45. The van der Waals surface area contributed by atoms with Gasteiger partial charge in [0.2, 0.25) is 0 Å². The Kier molecular flexibility index (Phi) is 3.81. The van der Waals surface area contributed by atoms with Crippen LogP contribution < -0.4 is 4.90 Å². The fourth-order valence-corrected chi connectivity index (χ4v) is 4.02. The normalized spacial score (nSPS) is 27.6. The van der Waals surface area contributed by atoms with Gasteiger partial charge in [-0.05, 0) is 59.9 Å². The molecule has 1 aromatic carbocycles. The molecule has 0 N–H and O–H groups in total. The molecule has 3 rings (SSSR count). The van der Waals surface area contributed by atoms with Crippen LogP contribution in [0.2, 0.25) is 0 Å². The van der Waals surface area contributed by atoms with Crippen LogP contribution in [-0.2, 0) is 0 Å². The Morgan fingerprint density at radius 1 is 1.37 bits per heavy atom. The van der Waals surface area contributed by atoms with Gasteiger partial charge in [0.05, 0.1) is 5.69 Å². The zero-order valence-corrected chi connectivity index (χ0v) is 12.9. The van der Waals surface area contributed by atoms with Crippen molar-refractivity contribution < 1.29 is 4.39 Å². The third-order valence-corrected chi connectivity index (χ3v) is 5.12. The summed E-state index contributed by atoms with van der Waals surface area (Å²) >= 11 is 3.52. The summed E-state index contributed by atoms with van der Waals surface area (Å²) in [5, 5.41) is 0. The number of anilines is 1. The Bertz CT molecular complexity index is 465. The van der Waals surface area contributed by atoms with Crippen LogP contribution in [0.4, 0.5) is 10.1 Å². The van der Waals surface area contributed by atoms with Gasteiger partial charge in [0.1, 0.15) is 5.82 Å². The molecule has 0 saturated carbocycles. The van der Waals surface area contributed by atoms with Crippen LogP contribution >= 0.6 is 15.9 Å². The number of nitrogens with zero attached hydrogens (tertiary/aromatic N) is 2. The van der Waals surface area contributed by atoms with Crippen LogP contribution in [0.25, 0.3) is 0 Å². The van der Waals surface area contributed by atoms with Gasteiger partial charge in [0.25, 0.3) is 0 Å². The predicted molar refractivity (Wildman–Crippen MR) is 80.1 cm³/mol. The van der Waals surface area contributed by atoms with Crippen molar-refractivity contribution in [2.45, 2.75) is 38.3 Å². The van der Waals surface area contributed by atoms with E-state index in [4.69, 9.17) is 0 Å². The molecule has 104 valence electrons. The summed E-state index contributed by atoms with van der Waals surface area (Å²) in [6.45, 7) is 5.71. The van der Waals surface area contributed by atoms with E-state index in [1.807, 2.05) is 6.07 Å². The number of piperazine rings is 1. The van der Waals surface area contributed by atoms with Gasteiger partial charge in [-0.1, -0.05) is 6.92 Å². The molecule has 0 radical (unpaired) electrons. The molecule has 2 nitrogen and oxygen atoms in total. The molecule has 2 saturated heterocycles. The van der Waals surface area contributed by atoms with Crippen molar-refractivity contribution >= 4 is 21.6 Å². The van der Waals surface area contributed by atoms with E-state index in [2.05, 4.69) is 32.7 Å². The monoisotopic (exact) mass is 326 g/mol. The zero-order valence-electron chi connectivity index (χ0n) is 11.3. The lowest BCUT2D eigenvalue weighted by atomic mass is 10.0. The van der Waals surface area contributed by atoms with E-state index in [9.17, 15) is 4.39 Å². The van der Waals surface area contributed by atoms with Gasteiger partial charge >= 0.3 is 0 Å². The largest absolute Gasteiger partial charge is 0.365 e. The minimum atomic E-state index is -0.178. The molecule has 0 amide bonds. The van der Waals surface area contributed by atoms with E-state index in [0.29, 0.717) is 12.1 Å². The first-order chi connectivity index (χ1) is 9.19. The highest BCUT2D eigenvalue weighted by molar-refractivity contribution is 9.10. The Balaban J connectivity index is 1.88. The smallest absolute Gasteiger partial charge is 0.124 e. The molecule has 2 fully saturated rings. The first-order valence-electron chi connectivity index (χ1n) is 7.14. The maximum absolute atomic E-state index is 13.3. The van der Waals surface area contributed by atoms with Crippen molar-refractivity contribution in [2.75, 3.05) is 24.5 Å². The summed E-state index contributed by atoms with van der Waals surface area (Å²) in [6.07, 6.45) is 3.75. The first kappa shape index (κ1) is 13.4. The van der Waals surface area contributed by atoms with E-state index in [1.54, 1.807) is 12.1 Å². The van der Waals surface area contributed by atoms with Crippen LogP contribution in [0.1, 0.15) is 26.2 Å². The van der Waals surface area contributed by atoms with Gasteiger partial charge in [-0.15, -0.1) is 0 Å². The minimum Gasteiger partial charge on any atom is -0.365 e. The van der Waals surface area contributed by atoms with Crippen molar-refractivity contribution in [3.8, 4) is 0 Å². The fourth-order valence-electron chi connectivity index (χ4n) is 3.45.